The zero-order valence-electron chi connectivity index (χ0n) is 9.95. The van der Waals surface area contributed by atoms with Crippen LogP contribution in [0.25, 0.3) is 0 Å². The molecule has 1 amide bonds. The van der Waals surface area contributed by atoms with Crippen LogP contribution in [0.2, 0.25) is 0 Å². The highest BCUT2D eigenvalue weighted by atomic mass is 79.9. The molecule has 19 heavy (non-hydrogen) atoms. The lowest BCUT2D eigenvalue weighted by molar-refractivity contribution is 0.102. The van der Waals surface area contributed by atoms with Gasteiger partial charge in [0.05, 0.1) is 17.4 Å². The zero-order chi connectivity index (χ0) is 14.0. The minimum Gasteiger partial charge on any atom is -0.508 e. The van der Waals surface area contributed by atoms with Crippen LogP contribution in [-0.4, -0.2) is 16.0 Å². The van der Waals surface area contributed by atoms with Crippen LogP contribution >= 0.6 is 15.9 Å². The van der Waals surface area contributed by atoms with Crippen molar-refractivity contribution in [2.24, 2.45) is 0 Å². The molecule has 0 aliphatic carbocycles. The van der Waals surface area contributed by atoms with E-state index in [1.165, 1.54) is 18.3 Å². The van der Waals surface area contributed by atoms with E-state index in [9.17, 15) is 9.18 Å². The average molecular weight is 325 g/mol. The monoisotopic (exact) mass is 324 g/mol. The van der Waals surface area contributed by atoms with E-state index in [0.29, 0.717) is 10.3 Å². The average Bonchev–Trinajstić information content (AvgIpc) is 2.33. The van der Waals surface area contributed by atoms with Crippen LogP contribution in [0.4, 0.5) is 10.1 Å². The first-order valence-electron chi connectivity index (χ1n) is 5.39. The number of amides is 1. The van der Waals surface area contributed by atoms with Gasteiger partial charge < -0.3 is 10.4 Å². The molecule has 0 fully saturated rings. The second-order valence-electron chi connectivity index (χ2n) is 3.95. The van der Waals surface area contributed by atoms with E-state index in [0.717, 1.165) is 11.6 Å². The Kier molecular flexibility index (Phi) is 3.80. The minimum atomic E-state index is -0.778. The summed E-state index contributed by atoms with van der Waals surface area (Å²) in [5.74, 6) is -1.60. The van der Waals surface area contributed by atoms with Crippen molar-refractivity contribution in [3.63, 3.8) is 0 Å². The van der Waals surface area contributed by atoms with E-state index >= 15 is 0 Å². The summed E-state index contributed by atoms with van der Waals surface area (Å²) in [5, 5.41) is 11.6. The number of phenols is 1. The van der Waals surface area contributed by atoms with Crippen molar-refractivity contribution in [1.29, 1.82) is 0 Å². The number of halogens is 2. The number of aryl methyl sites for hydroxylation is 1. The molecule has 0 atom stereocenters. The lowest BCUT2D eigenvalue weighted by Gasteiger charge is -2.07. The third kappa shape index (κ3) is 3.08. The predicted octanol–water partition coefficient (Wildman–Crippen LogP) is 3.25. The third-order valence-corrected chi connectivity index (χ3v) is 3.30. The first-order chi connectivity index (χ1) is 8.97. The van der Waals surface area contributed by atoms with Crippen LogP contribution in [0.15, 0.2) is 35.1 Å². The number of hydrogen-bond donors (Lipinski definition) is 2. The Hall–Kier alpha value is -1.95. The van der Waals surface area contributed by atoms with E-state index in [-0.39, 0.29) is 11.3 Å². The standard InChI is InChI=1S/C13H10BrFN2O2/c1-7-4-8(6-16-12(7)14)17-13(19)10-3-2-9(18)5-11(10)15/h2-6,18H,1H3,(H,17,19). The summed E-state index contributed by atoms with van der Waals surface area (Å²) in [6.45, 7) is 1.83. The Morgan fingerprint density at radius 3 is 2.79 bits per heavy atom. The highest BCUT2D eigenvalue weighted by molar-refractivity contribution is 9.10. The lowest BCUT2D eigenvalue weighted by atomic mass is 10.2. The SMILES string of the molecule is Cc1cc(NC(=O)c2ccc(O)cc2F)cnc1Br. The van der Waals surface area contributed by atoms with Gasteiger partial charge in [-0.1, -0.05) is 0 Å². The molecule has 0 aliphatic heterocycles. The number of benzene rings is 1. The molecule has 1 heterocycles. The van der Waals surface area contributed by atoms with E-state index in [1.54, 1.807) is 6.07 Å². The second-order valence-corrected chi connectivity index (χ2v) is 4.70. The molecule has 2 rings (SSSR count). The van der Waals surface area contributed by atoms with Gasteiger partial charge in [-0.2, -0.15) is 0 Å². The number of carbonyl (C=O) groups excluding carboxylic acids is 1. The number of hydrogen-bond acceptors (Lipinski definition) is 3. The molecule has 0 bridgehead atoms. The molecule has 4 nitrogen and oxygen atoms in total. The lowest BCUT2D eigenvalue weighted by Crippen LogP contribution is -2.14. The van der Waals surface area contributed by atoms with Gasteiger partial charge >= 0.3 is 0 Å². The smallest absolute Gasteiger partial charge is 0.258 e. The van der Waals surface area contributed by atoms with Gasteiger partial charge in [-0.3, -0.25) is 4.79 Å². The minimum absolute atomic E-state index is 0.140. The molecular formula is C13H10BrFN2O2. The maximum atomic E-state index is 13.5. The number of phenolic OH excluding ortho intramolecular Hbond substituents is 1. The maximum absolute atomic E-state index is 13.5. The molecule has 0 saturated heterocycles. The number of nitrogens with zero attached hydrogens (tertiary/aromatic N) is 1. The first kappa shape index (κ1) is 13.5. The maximum Gasteiger partial charge on any atom is 0.258 e. The van der Waals surface area contributed by atoms with Crippen LogP contribution in [0.5, 0.6) is 5.75 Å². The molecule has 1 aromatic heterocycles. The number of pyridine rings is 1. The van der Waals surface area contributed by atoms with Crippen molar-refractivity contribution >= 4 is 27.5 Å². The molecule has 0 unspecified atom stereocenters. The normalized spacial score (nSPS) is 10.3. The van der Waals surface area contributed by atoms with Crippen molar-refractivity contribution in [3.05, 3.63) is 52.0 Å². The number of carbonyl (C=O) groups is 1. The van der Waals surface area contributed by atoms with Crippen molar-refractivity contribution < 1.29 is 14.3 Å². The van der Waals surface area contributed by atoms with Gasteiger partial charge in [0, 0.05) is 6.07 Å². The van der Waals surface area contributed by atoms with Crippen molar-refractivity contribution in [2.75, 3.05) is 5.32 Å². The van der Waals surface area contributed by atoms with Crippen molar-refractivity contribution in [1.82, 2.24) is 4.98 Å². The fourth-order valence-corrected chi connectivity index (χ4v) is 1.73. The third-order valence-electron chi connectivity index (χ3n) is 2.47. The summed E-state index contributed by atoms with van der Waals surface area (Å²) in [5.41, 5.74) is 1.18. The van der Waals surface area contributed by atoms with Gasteiger partial charge in [0.2, 0.25) is 0 Å². The Labute approximate surface area is 117 Å². The summed E-state index contributed by atoms with van der Waals surface area (Å²) in [6, 6.07) is 5.08. The topological polar surface area (TPSA) is 62.2 Å². The molecule has 0 saturated carbocycles. The molecular weight excluding hydrogens is 315 g/mol. The van der Waals surface area contributed by atoms with Crippen LogP contribution < -0.4 is 5.32 Å². The predicted molar refractivity (Wildman–Crippen MR) is 72.7 cm³/mol. The second kappa shape index (κ2) is 5.36. The van der Waals surface area contributed by atoms with Gasteiger partial charge in [0.1, 0.15) is 16.2 Å². The highest BCUT2D eigenvalue weighted by Gasteiger charge is 2.13. The first-order valence-corrected chi connectivity index (χ1v) is 6.18. The quantitative estimate of drug-likeness (QED) is 0.833. The Morgan fingerprint density at radius 1 is 1.42 bits per heavy atom. The van der Waals surface area contributed by atoms with Gasteiger partial charge in [-0.05, 0) is 46.6 Å². The van der Waals surface area contributed by atoms with E-state index in [1.807, 2.05) is 6.92 Å². The fourth-order valence-electron chi connectivity index (χ4n) is 1.51. The molecule has 98 valence electrons. The summed E-state index contributed by atoms with van der Waals surface area (Å²) < 4.78 is 14.2. The van der Waals surface area contributed by atoms with Gasteiger partial charge in [-0.25, -0.2) is 9.37 Å². The van der Waals surface area contributed by atoms with Crippen LogP contribution in [0.3, 0.4) is 0 Å². The molecule has 0 aliphatic rings. The number of aromatic hydroxyl groups is 1. The molecule has 0 radical (unpaired) electrons. The Bertz CT molecular complexity index is 647. The van der Waals surface area contributed by atoms with Crippen LogP contribution in [-0.2, 0) is 0 Å². The Balaban J connectivity index is 2.23. The van der Waals surface area contributed by atoms with Crippen LogP contribution in [0.1, 0.15) is 15.9 Å². The van der Waals surface area contributed by atoms with E-state index < -0.39 is 11.7 Å². The van der Waals surface area contributed by atoms with Crippen LogP contribution in [0, 0.1) is 12.7 Å². The van der Waals surface area contributed by atoms with Gasteiger partial charge in [0.25, 0.3) is 5.91 Å². The molecule has 1 aromatic carbocycles. The molecule has 0 spiro atoms. The van der Waals surface area contributed by atoms with E-state index in [4.69, 9.17) is 5.11 Å². The molecule has 2 aromatic rings. The summed E-state index contributed by atoms with van der Waals surface area (Å²) in [7, 11) is 0. The summed E-state index contributed by atoms with van der Waals surface area (Å²) in [6.07, 6.45) is 1.47. The Morgan fingerprint density at radius 2 is 2.16 bits per heavy atom. The zero-order valence-corrected chi connectivity index (χ0v) is 11.5. The van der Waals surface area contributed by atoms with Crippen molar-refractivity contribution in [2.45, 2.75) is 6.92 Å². The largest absolute Gasteiger partial charge is 0.508 e. The fraction of sp³-hybridized carbons (Fsp3) is 0.0769. The molecule has 2 N–H and O–H groups in total. The number of anilines is 1. The highest BCUT2D eigenvalue weighted by Crippen LogP contribution is 2.19. The number of aromatic nitrogens is 1. The summed E-state index contributed by atoms with van der Waals surface area (Å²) >= 11 is 3.25. The van der Waals surface area contributed by atoms with E-state index in [2.05, 4.69) is 26.2 Å². The van der Waals surface area contributed by atoms with Gasteiger partial charge in [-0.15, -0.1) is 0 Å². The van der Waals surface area contributed by atoms with Gasteiger partial charge in [0.15, 0.2) is 0 Å². The molecule has 6 heteroatoms. The van der Waals surface area contributed by atoms with Crippen molar-refractivity contribution in [3.8, 4) is 5.75 Å². The number of rotatable bonds is 2. The number of nitrogens with one attached hydrogen (secondary N) is 1. The summed E-state index contributed by atoms with van der Waals surface area (Å²) in [4.78, 5) is 15.9.